The van der Waals surface area contributed by atoms with Crippen LogP contribution in [-0.2, 0) is 0 Å². The first-order chi connectivity index (χ1) is 8.74. The standard InChI is InChI=1S/C15H24N2S/c1-4-16-13-8-9-17(12(2)10-13)14-6-5-7-15(11-14)18-3/h5-7,11-13,16H,4,8-10H2,1-3H3. The smallest absolute Gasteiger partial charge is 0.0379 e. The minimum atomic E-state index is 0.625. The van der Waals surface area contributed by atoms with E-state index >= 15 is 0 Å². The Morgan fingerprint density at radius 2 is 2.28 bits per heavy atom. The second-order valence-electron chi connectivity index (χ2n) is 5.02. The van der Waals surface area contributed by atoms with Gasteiger partial charge in [-0.15, -0.1) is 11.8 Å². The first kappa shape index (κ1) is 13.8. The SMILES string of the molecule is CCNC1CCN(c2cccc(SC)c2)C(C)C1. The van der Waals surface area contributed by atoms with Crippen molar-refractivity contribution in [3.8, 4) is 0 Å². The molecule has 2 nitrogen and oxygen atoms in total. The van der Waals surface area contributed by atoms with E-state index < -0.39 is 0 Å². The fraction of sp³-hybridized carbons (Fsp3) is 0.600. The van der Waals surface area contributed by atoms with Gasteiger partial charge in [0.1, 0.15) is 0 Å². The lowest BCUT2D eigenvalue weighted by molar-refractivity contribution is 0.374. The predicted molar refractivity (Wildman–Crippen MR) is 81.7 cm³/mol. The van der Waals surface area contributed by atoms with Gasteiger partial charge in [-0.1, -0.05) is 13.0 Å². The van der Waals surface area contributed by atoms with Crippen LogP contribution >= 0.6 is 11.8 Å². The van der Waals surface area contributed by atoms with Crippen molar-refractivity contribution in [3.63, 3.8) is 0 Å². The Bertz CT molecular complexity index is 381. The predicted octanol–water partition coefficient (Wildman–Crippen LogP) is 3.38. The van der Waals surface area contributed by atoms with Crippen LogP contribution in [0.3, 0.4) is 0 Å². The molecule has 1 N–H and O–H groups in total. The molecule has 18 heavy (non-hydrogen) atoms. The van der Waals surface area contributed by atoms with Gasteiger partial charge in [0.05, 0.1) is 0 Å². The number of nitrogens with zero attached hydrogens (tertiary/aromatic N) is 1. The van der Waals surface area contributed by atoms with E-state index in [0.717, 1.165) is 13.1 Å². The average molecular weight is 264 g/mol. The van der Waals surface area contributed by atoms with E-state index in [9.17, 15) is 0 Å². The van der Waals surface area contributed by atoms with Crippen LogP contribution in [0.4, 0.5) is 5.69 Å². The van der Waals surface area contributed by atoms with Gasteiger partial charge in [0.15, 0.2) is 0 Å². The van der Waals surface area contributed by atoms with Crippen molar-refractivity contribution in [3.05, 3.63) is 24.3 Å². The molecular weight excluding hydrogens is 240 g/mol. The Morgan fingerprint density at radius 3 is 2.94 bits per heavy atom. The highest BCUT2D eigenvalue weighted by atomic mass is 32.2. The third kappa shape index (κ3) is 3.21. The second-order valence-corrected chi connectivity index (χ2v) is 5.90. The van der Waals surface area contributed by atoms with Crippen LogP contribution in [0, 0.1) is 0 Å². The molecule has 2 atom stereocenters. The van der Waals surface area contributed by atoms with E-state index in [2.05, 4.69) is 54.6 Å². The van der Waals surface area contributed by atoms with Crippen LogP contribution in [0.15, 0.2) is 29.2 Å². The highest BCUT2D eigenvalue weighted by molar-refractivity contribution is 7.98. The lowest BCUT2D eigenvalue weighted by Crippen LogP contribution is -2.47. The van der Waals surface area contributed by atoms with Gasteiger partial charge in [-0.05, 0) is 50.8 Å². The summed E-state index contributed by atoms with van der Waals surface area (Å²) in [5.41, 5.74) is 1.38. The fourth-order valence-electron chi connectivity index (χ4n) is 2.82. The van der Waals surface area contributed by atoms with E-state index in [4.69, 9.17) is 0 Å². The normalized spacial score (nSPS) is 24.3. The molecule has 1 fully saturated rings. The highest BCUT2D eigenvalue weighted by Gasteiger charge is 2.24. The molecule has 0 spiro atoms. The highest BCUT2D eigenvalue weighted by Crippen LogP contribution is 2.27. The number of nitrogens with one attached hydrogen (secondary N) is 1. The third-order valence-electron chi connectivity index (χ3n) is 3.75. The maximum Gasteiger partial charge on any atom is 0.0379 e. The lowest BCUT2D eigenvalue weighted by Gasteiger charge is -2.39. The molecule has 0 bridgehead atoms. The van der Waals surface area contributed by atoms with Crippen molar-refractivity contribution in [1.82, 2.24) is 5.32 Å². The topological polar surface area (TPSA) is 15.3 Å². The van der Waals surface area contributed by atoms with Gasteiger partial charge in [-0.25, -0.2) is 0 Å². The molecule has 1 aliphatic rings. The number of hydrogen-bond donors (Lipinski definition) is 1. The van der Waals surface area contributed by atoms with E-state index in [1.165, 1.54) is 23.4 Å². The van der Waals surface area contributed by atoms with Gasteiger partial charge < -0.3 is 10.2 Å². The molecule has 1 aromatic carbocycles. The minimum absolute atomic E-state index is 0.625. The summed E-state index contributed by atoms with van der Waals surface area (Å²) in [5, 5.41) is 3.58. The second kappa shape index (κ2) is 6.48. The fourth-order valence-corrected chi connectivity index (χ4v) is 3.27. The van der Waals surface area contributed by atoms with Crippen molar-refractivity contribution in [1.29, 1.82) is 0 Å². The van der Waals surface area contributed by atoms with E-state index in [1.54, 1.807) is 0 Å². The Labute approximate surface area is 115 Å². The molecule has 100 valence electrons. The molecule has 1 aliphatic heterocycles. The van der Waals surface area contributed by atoms with Crippen LogP contribution in [-0.4, -0.2) is 31.4 Å². The van der Waals surface area contributed by atoms with E-state index in [0.29, 0.717) is 12.1 Å². The molecule has 0 saturated carbocycles. The molecule has 3 heteroatoms. The maximum atomic E-state index is 3.58. The first-order valence-electron chi connectivity index (χ1n) is 6.88. The molecule has 0 aliphatic carbocycles. The van der Waals surface area contributed by atoms with E-state index in [-0.39, 0.29) is 0 Å². The van der Waals surface area contributed by atoms with Gasteiger partial charge >= 0.3 is 0 Å². The van der Waals surface area contributed by atoms with Crippen LogP contribution in [0.1, 0.15) is 26.7 Å². The maximum absolute atomic E-state index is 3.58. The monoisotopic (exact) mass is 264 g/mol. The summed E-state index contributed by atoms with van der Waals surface area (Å²) in [6, 6.07) is 10.2. The van der Waals surface area contributed by atoms with Gasteiger partial charge in [-0.3, -0.25) is 0 Å². The molecular formula is C15H24N2S. The summed E-state index contributed by atoms with van der Waals surface area (Å²) >= 11 is 1.82. The number of hydrogen-bond acceptors (Lipinski definition) is 3. The largest absolute Gasteiger partial charge is 0.369 e. The van der Waals surface area contributed by atoms with Gasteiger partial charge in [0.25, 0.3) is 0 Å². The van der Waals surface area contributed by atoms with Crippen molar-refractivity contribution >= 4 is 17.4 Å². The van der Waals surface area contributed by atoms with Crippen molar-refractivity contribution in [2.24, 2.45) is 0 Å². The van der Waals surface area contributed by atoms with E-state index in [1.807, 2.05) is 11.8 Å². The Kier molecular flexibility index (Phi) is 4.95. The molecule has 0 radical (unpaired) electrons. The summed E-state index contributed by atoms with van der Waals surface area (Å²) in [4.78, 5) is 3.90. The zero-order valence-electron chi connectivity index (χ0n) is 11.6. The van der Waals surface area contributed by atoms with Gasteiger partial charge in [0, 0.05) is 29.2 Å². The minimum Gasteiger partial charge on any atom is -0.369 e. The molecule has 0 aromatic heterocycles. The molecule has 1 heterocycles. The van der Waals surface area contributed by atoms with Crippen LogP contribution in [0.5, 0.6) is 0 Å². The van der Waals surface area contributed by atoms with Gasteiger partial charge in [0.2, 0.25) is 0 Å². The third-order valence-corrected chi connectivity index (χ3v) is 4.48. The van der Waals surface area contributed by atoms with Crippen molar-refractivity contribution in [2.45, 2.75) is 43.7 Å². The van der Waals surface area contributed by atoms with Crippen LogP contribution < -0.4 is 10.2 Å². The Hall–Kier alpha value is -0.670. The summed E-state index contributed by atoms with van der Waals surface area (Å²) in [7, 11) is 0. The van der Waals surface area contributed by atoms with Crippen LogP contribution in [0.25, 0.3) is 0 Å². The zero-order valence-corrected chi connectivity index (χ0v) is 12.5. The zero-order chi connectivity index (χ0) is 13.0. The number of anilines is 1. The number of rotatable bonds is 4. The number of benzene rings is 1. The summed E-state index contributed by atoms with van der Waals surface area (Å²) < 4.78 is 0. The summed E-state index contributed by atoms with van der Waals surface area (Å²) in [6.45, 7) is 6.78. The molecule has 2 unspecified atom stereocenters. The van der Waals surface area contributed by atoms with Crippen molar-refractivity contribution < 1.29 is 0 Å². The summed E-state index contributed by atoms with van der Waals surface area (Å²) in [5.74, 6) is 0. The van der Waals surface area contributed by atoms with Crippen molar-refractivity contribution in [2.75, 3.05) is 24.2 Å². The molecule has 1 aromatic rings. The quantitative estimate of drug-likeness (QED) is 0.839. The number of piperidine rings is 1. The van der Waals surface area contributed by atoms with Gasteiger partial charge in [-0.2, -0.15) is 0 Å². The molecule has 0 amide bonds. The Morgan fingerprint density at radius 1 is 1.44 bits per heavy atom. The Balaban J connectivity index is 2.05. The number of thioether (sulfide) groups is 1. The lowest BCUT2D eigenvalue weighted by atomic mass is 9.97. The summed E-state index contributed by atoms with van der Waals surface area (Å²) in [6.07, 6.45) is 4.64. The molecule has 2 rings (SSSR count). The molecule has 1 saturated heterocycles. The average Bonchev–Trinajstić information content (AvgIpc) is 2.39. The van der Waals surface area contributed by atoms with Crippen LogP contribution in [0.2, 0.25) is 0 Å². The first-order valence-corrected chi connectivity index (χ1v) is 8.11.